The van der Waals surface area contributed by atoms with Crippen molar-refractivity contribution in [3.05, 3.63) is 45.4 Å². The minimum atomic E-state index is -0.189. The van der Waals surface area contributed by atoms with Gasteiger partial charge in [-0.25, -0.2) is 4.98 Å². The van der Waals surface area contributed by atoms with Crippen LogP contribution in [0.15, 0.2) is 35.0 Å². The summed E-state index contributed by atoms with van der Waals surface area (Å²) in [5.74, 6) is 0. The fraction of sp³-hybridized carbons (Fsp3) is 0.0833. The number of aromatic amines is 1. The number of anilines is 2. The first-order valence-corrected chi connectivity index (χ1v) is 6.50. The van der Waals surface area contributed by atoms with Gasteiger partial charge in [0, 0.05) is 11.1 Å². The lowest BCUT2D eigenvalue weighted by atomic mass is 10.2. The Morgan fingerprint density at radius 2 is 2.32 bits per heavy atom. The zero-order chi connectivity index (χ0) is 13.2. The number of rotatable bonds is 3. The lowest BCUT2D eigenvalue weighted by Crippen LogP contribution is -2.08. The highest BCUT2D eigenvalue weighted by Gasteiger charge is 2.06. The van der Waals surface area contributed by atoms with Gasteiger partial charge in [-0.3, -0.25) is 9.78 Å². The number of hydrogen-bond acceptors (Lipinski definition) is 6. The summed E-state index contributed by atoms with van der Waals surface area (Å²) in [5.41, 5.74) is 9.43. The Bertz CT molecular complexity index is 765. The quantitative estimate of drug-likeness (QED) is 0.629. The minimum Gasteiger partial charge on any atom is -0.397 e. The normalized spacial score (nSPS) is 10.7. The fourth-order valence-corrected chi connectivity index (χ4v) is 2.33. The Morgan fingerprint density at radius 3 is 3.11 bits per heavy atom. The summed E-state index contributed by atoms with van der Waals surface area (Å²) < 4.78 is 0. The van der Waals surface area contributed by atoms with Crippen molar-refractivity contribution in [1.29, 1.82) is 0 Å². The number of nitrogen functional groups attached to an aromatic ring is 1. The van der Waals surface area contributed by atoms with E-state index < -0.39 is 0 Å². The molecule has 0 amide bonds. The van der Waals surface area contributed by atoms with Gasteiger partial charge in [-0.15, -0.1) is 11.3 Å². The summed E-state index contributed by atoms with van der Waals surface area (Å²) in [6, 6.07) is 3.41. The highest BCUT2D eigenvalue weighted by Crippen LogP contribution is 2.23. The predicted octanol–water partition coefficient (Wildman–Crippen LogP) is 1.57. The van der Waals surface area contributed by atoms with Crippen LogP contribution in [0, 0.1) is 0 Å². The van der Waals surface area contributed by atoms with Crippen molar-refractivity contribution < 1.29 is 0 Å². The molecular formula is C12H11N5OS. The van der Waals surface area contributed by atoms with Crippen LogP contribution in [0.5, 0.6) is 0 Å². The summed E-state index contributed by atoms with van der Waals surface area (Å²) >= 11 is 1.57. The van der Waals surface area contributed by atoms with E-state index in [1.165, 1.54) is 6.33 Å². The first-order valence-electron chi connectivity index (χ1n) is 5.62. The molecule has 0 spiro atoms. The van der Waals surface area contributed by atoms with E-state index in [1.807, 2.05) is 0 Å². The van der Waals surface area contributed by atoms with Gasteiger partial charge < -0.3 is 16.0 Å². The van der Waals surface area contributed by atoms with Crippen molar-refractivity contribution in [3.63, 3.8) is 0 Å². The van der Waals surface area contributed by atoms with E-state index in [1.54, 1.807) is 35.2 Å². The highest BCUT2D eigenvalue weighted by molar-refractivity contribution is 7.09. The number of nitrogens with one attached hydrogen (secondary N) is 2. The average Bonchev–Trinajstić information content (AvgIpc) is 2.91. The van der Waals surface area contributed by atoms with Crippen molar-refractivity contribution in [2.45, 2.75) is 6.54 Å². The van der Waals surface area contributed by atoms with Gasteiger partial charge in [0.2, 0.25) is 0 Å². The summed E-state index contributed by atoms with van der Waals surface area (Å²) in [6.45, 7) is 0.642. The zero-order valence-electron chi connectivity index (χ0n) is 9.88. The Hall–Kier alpha value is -2.41. The van der Waals surface area contributed by atoms with Crippen LogP contribution in [0.25, 0.3) is 10.9 Å². The van der Waals surface area contributed by atoms with Crippen molar-refractivity contribution in [3.8, 4) is 0 Å². The molecule has 0 aliphatic rings. The lowest BCUT2D eigenvalue weighted by molar-refractivity contribution is 1.16. The average molecular weight is 273 g/mol. The lowest BCUT2D eigenvalue weighted by Gasteiger charge is -2.09. The van der Waals surface area contributed by atoms with E-state index in [2.05, 4.69) is 20.3 Å². The molecule has 0 aliphatic heterocycles. The molecule has 3 rings (SSSR count). The molecular weight excluding hydrogens is 262 g/mol. The van der Waals surface area contributed by atoms with Crippen LogP contribution in [0.3, 0.4) is 0 Å². The topological polar surface area (TPSA) is 96.7 Å². The number of benzene rings is 1. The first-order chi connectivity index (χ1) is 9.24. The molecule has 0 radical (unpaired) electrons. The van der Waals surface area contributed by atoms with E-state index in [0.717, 1.165) is 10.6 Å². The molecule has 0 fully saturated rings. The van der Waals surface area contributed by atoms with Crippen LogP contribution in [0.1, 0.15) is 4.88 Å². The minimum absolute atomic E-state index is 0.189. The molecule has 0 aliphatic carbocycles. The third kappa shape index (κ3) is 2.27. The van der Waals surface area contributed by atoms with Gasteiger partial charge in [0.25, 0.3) is 5.56 Å². The van der Waals surface area contributed by atoms with Gasteiger partial charge in [0.15, 0.2) is 0 Å². The molecule has 3 aromatic rings. The molecule has 96 valence electrons. The highest BCUT2D eigenvalue weighted by atomic mass is 32.1. The monoisotopic (exact) mass is 273 g/mol. The summed E-state index contributed by atoms with van der Waals surface area (Å²) in [6.07, 6.45) is 3.19. The molecule has 2 aromatic heterocycles. The van der Waals surface area contributed by atoms with E-state index in [0.29, 0.717) is 23.1 Å². The summed E-state index contributed by atoms with van der Waals surface area (Å²) in [7, 11) is 0. The second-order valence-electron chi connectivity index (χ2n) is 4.01. The van der Waals surface area contributed by atoms with Crippen LogP contribution >= 0.6 is 11.3 Å². The molecule has 0 unspecified atom stereocenters. The molecule has 19 heavy (non-hydrogen) atoms. The van der Waals surface area contributed by atoms with Gasteiger partial charge in [-0.05, 0) is 12.1 Å². The SMILES string of the molecule is Nc1cc2c(=O)[nH]cnc2cc1NCc1cncs1. The van der Waals surface area contributed by atoms with Gasteiger partial charge in [0.05, 0.1) is 40.7 Å². The van der Waals surface area contributed by atoms with E-state index in [-0.39, 0.29) is 5.56 Å². The van der Waals surface area contributed by atoms with E-state index in [9.17, 15) is 4.79 Å². The van der Waals surface area contributed by atoms with E-state index in [4.69, 9.17) is 5.73 Å². The number of aromatic nitrogens is 3. The third-order valence-corrected chi connectivity index (χ3v) is 3.53. The molecule has 0 bridgehead atoms. The van der Waals surface area contributed by atoms with E-state index >= 15 is 0 Å². The number of thiazole rings is 1. The molecule has 4 N–H and O–H groups in total. The maximum absolute atomic E-state index is 11.6. The second kappa shape index (κ2) is 4.69. The molecule has 1 aromatic carbocycles. The number of nitrogens with two attached hydrogens (primary N) is 1. The number of nitrogens with zero attached hydrogens (tertiary/aromatic N) is 2. The van der Waals surface area contributed by atoms with Crippen LogP contribution < -0.4 is 16.6 Å². The van der Waals surface area contributed by atoms with Crippen molar-refractivity contribution in [2.75, 3.05) is 11.1 Å². The van der Waals surface area contributed by atoms with Gasteiger partial charge >= 0.3 is 0 Å². The second-order valence-corrected chi connectivity index (χ2v) is 4.98. The standard InChI is InChI=1S/C12H11N5OS/c13-9-1-8-10(16-5-17-12(8)18)2-11(9)15-4-7-3-14-6-19-7/h1-3,5-6,15H,4,13H2,(H,16,17,18). The number of H-pyrrole nitrogens is 1. The van der Waals surface area contributed by atoms with Gasteiger partial charge in [-0.1, -0.05) is 0 Å². The van der Waals surface area contributed by atoms with Crippen LogP contribution in [-0.4, -0.2) is 15.0 Å². The smallest absolute Gasteiger partial charge is 0.258 e. The Labute approximate surface area is 112 Å². The molecule has 0 saturated carbocycles. The summed E-state index contributed by atoms with van der Waals surface area (Å²) in [5, 5.41) is 3.71. The van der Waals surface area contributed by atoms with Crippen molar-refractivity contribution >= 4 is 33.6 Å². The summed E-state index contributed by atoms with van der Waals surface area (Å²) in [4.78, 5) is 23.4. The largest absolute Gasteiger partial charge is 0.397 e. The maximum atomic E-state index is 11.6. The van der Waals surface area contributed by atoms with Crippen LogP contribution in [-0.2, 0) is 6.54 Å². The first kappa shape index (κ1) is 11.7. The zero-order valence-corrected chi connectivity index (χ0v) is 10.7. The van der Waals surface area contributed by atoms with Crippen molar-refractivity contribution in [2.24, 2.45) is 0 Å². The number of hydrogen-bond donors (Lipinski definition) is 3. The Morgan fingerprint density at radius 1 is 1.42 bits per heavy atom. The molecule has 7 heteroatoms. The molecule has 0 atom stereocenters. The van der Waals surface area contributed by atoms with Gasteiger partial charge in [-0.2, -0.15) is 0 Å². The third-order valence-electron chi connectivity index (χ3n) is 2.75. The molecule has 2 heterocycles. The predicted molar refractivity (Wildman–Crippen MR) is 76.2 cm³/mol. The molecule has 6 nitrogen and oxygen atoms in total. The fourth-order valence-electron chi connectivity index (χ4n) is 1.80. The molecule has 0 saturated heterocycles. The van der Waals surface area contributed by atoms with Crippen LogP contribution in [0.4, 0.5) is 11.4 Å². The Balaban J connectivity index is 1.95. The van der Waals surface area contributed by atoms with Crippen LogP contribution in [0.2, 0.25) is 0 Å². The van der Waals surface area contributed by atoms with Gasteiger partial charge in [0.1, 0.15) is 0 Å². The van der Waals surface area contributed by atoms with Crippen molar-refractivity contribution in [1.82, 2.24) is 15.0 Å². The Kier molecular flexibility index (Phi) is 2.88. The number of fused-ring (bicyclic) bond motifs is 1. The maximum Gasteiger partial charge on any atom is 0.258 e.